The number of hydrogen-bond acceptors (Lipinski definition) is 2. The first kappa shape index (κ1) is 19.9. The van der Waals surface area contributed by atoms with Gasteiger partial charge in [0, 0.05) is 31.1 Å². The quantitative estimate of drug-likeness (QED) is 0.590. The highest BCUT2D eigenvalue weighted by Crippen LogP contribution is 2.29. The molecule has 1 heterocycles. The van der Waals surface area contributed by atoms with Crippen LogP contribution in [0.3, 0.4) is 0 Å². The molecule has 2 nitrogen and oxygen atoms in total. The van der Waals surface area contributed by atoms with Gasteiger partial charge in [0.25, 0.3) is 0 Å². The summed E-state index contributed by atoms with van der Waals surface area (Å²) in [5, 5.41) is 3.37. The molecule has 0 radical (unpaired) electrons. The van der Waals surface area contributed by atoms with Crippen LogP contribution in [-0.2, 0) is 0 Å². The van der Waals surface area contributed by atoms with Gasteiger partial charge in [-0.15, -0.1) is 5.73 Å². The highest BCUT2D eigenvalue weighted by Gasteiger charge is 2.19. The summed E-state index contributed by atoms with van der Waals surface area (Å²) in [5.74, 6) is 0.575. The van der Waals surface area contributed by atoms with Crippen molar-refractivity contribution in [3.63, 3.8) is 0 Å². The molecular formula is C24H32N2. The monoisotopic (exact) mass is 348 g/mol. The van der Waals surface area contributed by atoms with Crippen LogP contribution in [0.1, 0.15) is 45.6 Å². The first-order valence-electron chi connectivity index (χ1n) is 9.60. The molecule has 2 atom stereocenters. The minimum absolute atomic E-state index is 0.316. The van der Waals surface area contributed by atoms with E-state index in [4.69, 9.17) is 0 Å². The normalized spacial score (nSPS) is 18.5. The third-order valence-electron chi connectivity index (χ3n) is 5.08. The number of rotatable bonds is 8. The molecule has 1 aliphatic heterocycles. The zero-order chi connectivity index (χ0) is 18.9. The van der Waals surface area contributed by atoms with E-state index < -0.39 is 0 Å². The second-order valence-corrected chi connectivity index (χ2v) is 6.89. The lowest BCUT2D eigenvalue weighted by Gasteiger charge is -2.31. The number of allylic oxidation sites excluding steroid dienone is 3. The van der Waals surface area contributed by atoms with E-state index >= 15 is 0 Å². The molecule has 0 bridgehead atoms. The maximum atomic E-state index is 3.67. The van der Waals surface area contributed by atoms with Crippen LogP contribution in [0, 0.1) is 5.92 Å². The Morgan fingerprint density at radius 3 is 2.69 bits per heavy atom. The maximum absolute atomic E-state index is 3.67. The van der Waals surface area contributed by atoms with Crippen LogP contribution in [0.25, 0.3) is 5.57 Å². The highest BCUT2D eigenvalue weighted by molar-refractivity contribution is 5.79. The van der Waals surface area contributed by atoms with Gasteiger partial charge in [-0.05, 0) is 43.7 Å². The Balaban J connectivity index is 2.30. The smallest absolute Gasteiger partial charge is 0.0580 e. The summed E-state index contributed by atoms with van der Waals surface area (Å²) in [7, 11) is 1.99. The lowest BCUT2D eigenvalue weighted by molar-refractivity contribution is 0.429. The molecule has 2 unspecified atom stereocenters. The largest absolute Gasteiger partial charge is 0.386 e. The lowest BCUT2D eigenvalue weighted by atomic mass is 9.94. The molecule has 2 rings (SSSR count). The van der Waals surface area contributed by atoms with Crippen LogP contribution < -0.4 is 5.32 Å². The van der Waals surface area contributed by atoms with Gasteiger partial charge in [0.2, 0.25) is 0 Å². The number of nitrogens with one attached hydrogen (secondary N) is 1. The van der Waals surface area contributed by atoms with Crippen molar-refractivity contribution < 1.29 is 0 Å². The van der Waals surface area contributed by atoms with Crippen LogP contribution in [0.4, 0.5) is 0 Å². The van der Waals surface area contributed by atoms with Crippen molar-refractivity contribution in [2.45, 2.75) is 46.1 Å². The molecule has 1 N–H and O–H groups in total. The summed E-state index contributed by atoms with van der Waals surface area (Å²) in [6.07, 6.45) is 12.1. The summed E-state index contributed by atoms with van der Waals surface area (Å²) < 4.78 is 0. The lowest BCUT2D eigenvalue weighted by Crippen LogP contribution is -2.29. The van der Waals surface area contributed by atoms with Gasteiger partial charge in [0.05, 0.1) is 5.70 Å². The fraction of sp³-hybridized carbons (Fsp3) is 0.375. The predicted molar refractivity (Wildman–Crippen MR) is 113 cm³/mol. The Morgan fingerprint density at radius 2 is 2.08 bits per heavy atom. The fourth-order valence-electron chi connectivity index (χ4n) is 3.21. The molecular weight excluding hydrogens is 316 g/mol. The topological polar surface area (TPSA) is 15.3 Å². The van der Waals surface area contributed by atoms with Gasteiger partial charge in [-0.3, -0.25) is 0 Å². The number of nitrogens with zero attached hydrogens (tertiary/aromatic N) is 1. The molecule has 0 saturated carbocycles. The Morgan fingerprint density at radius 1 is 1.35 bits per heavy atom. The van der Waals surface area contributed by atoms with E-state index in [9.17, 15) is 0 Å². The molecule has 0 aliphatic carbocycles. The Kier molecular flexibility index (Phi) is 7.56. The van der Waals surface area contributed by atoms with Gasteiger partial charge in [0.15, 0.2) is 0 Å². The van der Waals surface area contributed by atoms with E-state index in [2.05, 4.69) is 92.1 Å². The molecule has 26 heavy (non-hydrogen) atoms. The van der Waals surface area contributed by atoms with Gasteiger partial charge >= 0.3 is 0 Å². The van der Waals surface area contributed by atoms with Gasteiger partial charge in [-0.1, -0.05) is 62.4 Å². The first-order valence-corrected chi connectivity index (χ1v) is 9.60. The highest BCUT2D eigenvalue weighted by atomic mass is 15.1. The Labute approximate surface area is 159 Å². The van der Waals surface area contributed by atoms with Crippen molar-refractivity contribution in [1.82, 2.24) is 10.2 Å². The van der Waals surface area contributed by atoms with Crippen LogP contribution in [0.15, 0.2) is 78.5 Å². The van der Waals surface area contributed by atoms with Crippen molar-refractivity contribution in [3.05, 3.63) is 84.0 Å². The molecule has 1 aromatic rings. The van der Waals surface area contributed by atoms with E-state index in [-0.39, 0.29) is 0 Å². The van der Waals surface area contributed by atoms with E-state index in [0.717, 1.165) is 25.0 Å². The summed E-state index contributed by atoms with van der Waals surface area (Å²) in [4.78, 5) is 2.33. The fourth-order valence-corrected chi connectivity index (χ4v) is 3.21. The van der Waals surface area contributed by atoms with Gasteiger partial charge < -0.3 is 10.2 Å². The molecule has 0 amide bonds. The van der Waals surface area contributed by atoms with Crippen LogP contribution in [-0.4, -0.2) is 18.0 Å². The second kappa shape index (κ2) is 9.89. The van der Waals surface area contributed by atoms with Crippen molar-refractivity contribution in [2.24, 2.45) is 5.92 Å². The van der Waals surface area contributed by atoms with E-state index in [1.807, 2.05) is 13.1 Å². The number of likely N-dealkylation sites (N-methyl/N-ethyl adjacent to an activating group) is 1. The third kappa shape index (κ3) is 5.03. The average molecular weight is 349 g/mol. The molecule has 0 saturated heterocycles. The molecule has 0 fully saturated rings. The van der Waals surface area contributed by atoms with Crippen molar-refractivity contribution >= 4 is 5.57 Å². The van der Waals surface area contributed by atoms with Crippen LogP contribution in [0.5, 0.6) is 0 Å². The van der Waals surface area contributed by atoms with Crippen LogP contribution >= 0.6 is 0 Å². The number of hydrogen-bond donors (Lipinski definition) is 1. The summed E-state index contributed by atoms with van der Waals surface area (Å²) in [6.45, 7) is 10.5. The van der Waals surface area contributed by atoms with Crippen molar-refractivity contribution in [1.29, 1.82) is 0 Å². The Bertz CT molecular complexity index is 718. The molecule has 1 aromatic carbocycles. The number of benzene rings is 1. The van der Waals surface area contributed by atoms with Gasteiger partial charge in [-0.25, -0.2) is 0 Å². The minimum atomic E-state index is 0.316. The van der Waals surface area contributed by atoms with Gasteiger partial charge in [-0.2, -0.15) is 0 Å². The van der Waals surface area contributed by atoms with Crippen LogP contribution in [0.2, 0.25) is 0 Å². The van der Waals surface area contributed by atoms with E-state index in [1.54, 1.807) is 0 Å². The van der Waals surface area contributed by atoms with Gasteiger partial charge in [0.1, 0.15) is 0 Å². The minimum Gasteiger partial charge on any atom is -0.386 e. The summed E-state index contributed by atoms with van der Waals surface area (Å²) in [5.41, 5.74) is 8.04. The second-order valence-electron chi connectivity index (χ2n) is 6.89. The molecule has 2 heteroatoms. The predicted octanol–water partition coefficient (Wildman–Crippen LogP) is 5.89. The van der Waals surface area contributed by atoms with Crippen molar-refractivity contribution in [2.75, 3.05) is 7.05 Å². The zero-order valence-corrected chi connectivity index (χ0v) is 16.6. The molecule has 0 aromatic heterocycles. The first-order chi connectivity index (χ1) is 12.6. The molecule has 138 valence electrons. The molecule has 1 aliphatic rings. The molecule has 0 spiro atoms. The van der Waals surface area contributed by atoms with Crippen molar-refractivity contribution in [3.8, 4) is 0 Å². The Hall–Kier alpha value is -2.44. The third-order valence-corrected chi connectivity index (χ3v) is 5.08. The summed E-state index contributed by atoms with van der Waals surface area (Å²) in [6, 6.07) is 10.9. The zero-order valence-electron chi connectivity index (χ0n) is 16.6. The van der Waals surface area contributed by atoms with E-state index in [1.165, 1.54) is 16.7 Å². The maximum Gasteiger partial charge on any atom is 0.0580 e. The standard InChI is InChI=1S/C24H32N2/c1-6-8-10-15-22(19(3)7-2)17-26-18-24(25-5)23(16-20(26)4)21-13-11-9-12-14-21/h8-9,11-14,16-20,25H,1,7,10,15H2,2-5H3/b22-17-. The summed E-state index contributed by atoms with van der Waals surface area (Å²) >= 11 is 0. The average Bonchev–Trinajstić information content (AvgIpc) is 2.68. The van der Waals surface area contributed by atoms with E-state index in [0.29, 0.717) is 12.0 Å². The SMILES string of the molecule is C=C=CCC/C(=C/N1C=C(NC)C(c2ccccc2)=CC1C)C(C)CC.